The first kappa shape index (κ1) is 20.8. The molecule has 0 N–H and O–H groups in total. The number of fused-ring (bicyclic) bond motifs is 3. The SMILES string of the molecule is COc1ccc2ncc3c(c2c1)N(CCC1CCN(C(=O)OC(C)(C)C)CC1)CC3. The highest BCUT2D eigenvalue weighted by Gasteiger charge is 2.28. The van der Waals surface area contributed by atoms with Crippen LogP contribution in [-0.4, -0.2) is 54.9 Å². The van der Waals surface area contributed by atoms with Gasteiger partial charge in [0.15, 0.2) is 0 Å². The van der Waals surface area contributed by atoms with Gasteiger partial charge in [-0.05, 0) is 76.1 Å². The van der Waals surface area contributed by atoms with Crippen LogP contribution in [0.2, 0.25) is 0 Å². The number of hydrogen-bond donors (Lipinski definition) is 0. The minimum Gasteiger partial charge on any atom is -0.497 e. The number of methoxy groups -OCH3 is 1. The third-order valence-electron chi connectivity index (χ3n) is 6.16. The number of likely N-dealkylation sites (tertiary alicyclic amines) is 1. The Bertz CT molecular complexity index is 914. The maximum atomic E-state index is 12.3. The minimum atomic E-state index is -0.433. The molecule has 0 unspecified atom stereocenters. The van der Waals surface area contributed by atoms with E-state index in [2.05, 4.69) is 16.0 Å². The summed E-state index contributed by atoms with van der Waals surface area (Å²) in [5.41, 5.74) is 3.24. The first-order chi connectivity index (χ1) is 14.3. The lowest BCUT2D eigenvalue weighted by molar-refractivity contribution is 0.0182. The van der Waals surface area contributed by atoms with E-state index in [0.29, 0.717) is 5.92 Å². The topological polar surface area (TPSA) is 54.9 Å². The number of hydrogen-bond acceptors (Lipinski definition) is 5. The van der Waals surface area contributed by atoms with Gasteiger partial charge in [0.05, 0.1) is 18.3 Å². The van der Waals surface area contributed by atoms with Crippen molar-refractivity contribution in [3.63, 3.8) is 0 Å². The fourth-order valence-corrected chi connectivity index (χ4v) is 4.54. The summed E-state index contributed by atoms with van der Waals surface area (Å²) < 4.78 is 11.0. The van der Waals surface area contributed by atoms with Crippen LogP contribution in [0.1, 0.15) is 45.6 Å². The lowest BCUT2D eigenvalue weighted by atomic mass is 9.93. The Morgan fingerprint density at radius 1 is 1.20 bits per heavy atom. The molecule has 2 aliphatic heterocycles. The first-order valence-electron chi connectivity index (χ1n) is 11.0. The molecule has 30 heavy (non-hydrogen) atoms. The van der Waals surface area contributed by atoms with Crippen molar-refractivity contribution in [3.8, 4) is 5.75 Å². The number of rotatable bonds is 4. The van der Waals surface area contributed by atoms with Crippen LogP contribution >= 0.6 is 0 Å². The average Bonchev–Trinajstić information content (AvgIpc) is 3.14. The van der Waals surface area contributed by atoms with Crippen LogP contribution in [0.25, 0.3) is 10.9 Å². The zero-order valence-corrected chi connectivity index (χ0v) is 18.6. The van der Waals surface area contributed by atoms with Crippen molar-refractivity contribution in [1.82, 2.24) is 9.88 Å². The standard InChI is InChI=1S/C24H33N3O3/c1-24(2,3)30-23(28)27-12-8-17(9-13-27)7-11-26-14-10-18-16-25-21-6-5-19(29-4)15-20(21)22(18)26/h5-6,15-17H,7-14H2,1-4H3. The Morgan fingerprint density at radius 3 is 2.67 bits per heavy atom. The largest absolute Gasteiger partial charge is 0.497 e. The number of pyridine rings is 1. The van der Waals surface area contributed by atoms with E-state index in [4.69, 9.17) is 9.47 Å². The number of aromatic nitrogens is 1. The summed E-state index contributed by atoms with van der Waals surface area (Å²) in [7, 11) is 1.71. The summed E-state index contributed by atoms with van der Waals surface area (Å²) in [6.07, 6.45) is 6.14. The quantitative estimate of drug-likeness (QED) is 0.733. The van der Waals surface area contributed by atoms with Crippen LogP contribution < -0.4 is 9.64 Å². The van der Waals surface area contributed by atoms with Crippen LogP contribution in [-0.2, 0) is 11.2 Å². The number of benzene rings is 1. The molecule has 0 saturated carbocycles. The predicted molar refractivity (Wildman–Crippen MR) is 119 cm³/mol. The molecule has 0 aliphatic carbocycles. The maximum absolute atomic E-state index is 12.3. The van der Waals surface area contributed by atoms with Gasteiger partial charge in [-0.15, -0.1) is 0 Å². The Labute approximate surface area is 179 Å². The number of ether oxygens (including phenoxy) is 2. The van der Waals surface area contributed by atoms with Crippen LogP contribution in [0.4, 0.5) is 10.5 Å². The van der Waals surface area contributed by atoms with Crippen LogP contribution in [0.5, 0.6) is 5.75 Å². The molecule has 1 aromatic carbocycles. The Balaban J connectivity index is 1.37. The van der Waals surface area contributed by atoms with Crippen molar-refractivity contribution >= 4 is 22.7 Å². The van der Waals surface area contributed by atoms with Gasteiger partial charge in [-0.1, -0.05) is 0 Å². The van der Waals surface area contributed by atoms with Gasteiger partial charge in [0.2, 0.25) is 0 Å². The molecule has 0 radical (unpaired) electrons. The smallest absolute Gasteiger partial charge is 0.410 e. The van der Waals surface area contributed by atoms with Gasteiger partial charge in [0.1, 0.15) is 11.4 Å². The predicted octanol–water partition coefficient (Wildman–Crippen LogP) is 4.64. The summed E-state index contributed by atoms with van der Waals surface area (Å²) in [5, 5.41) is 1.18. The second kappa shape index (κ2) is 8.32. The molecule has 1 saturated heterocycles. The number of carbonyl (C=O) groups excluding carboxylic acids is 1. The van der Waals surface area contributed by atoms with E-state index in [1.807, 2.05) is 44.0 Å². The molecule has 4 rings (SSSR count). The van der Waals surface area contributed by atoms with Crippen molar-refractivity contribution in [1.29, 1.82) is 0 Å². The molecule has 1 fully saturated rings. The number of nitrogens with zero attached hydrogens (tertiary/aromatic N) is 3. The number of amides is 1. The normalized spacial score (nSPS) is 17.3. The van der Waals surface area contributed by atoms with Gasteiger partial charge >= 0.3 is 6.09 Å². The zero-order valence-electron chi connectivity index (χ0n) is 18.6. The second-order valence-electron chi connectivity index (χ2n) is 9.45. The summed E-state index contributed by atoms with van der Waals surface area (Å²) in [5.74, 6) is 1.52. The van der Waals surface area contributed by atoms with Crippen molar-refractivity contribution in [2.24, 2.45) is 5.92 Å². The third kappa shape index (κ3) is 4.47. The highest BCUT2D eigenvalue weighted by atomic mass is 16.6. The fraction of sp³-hybridized carbons (Fsp3) is 0.583. The molecule has 0 spiro atoms. The minimum absolute atomic E-state index is 0.178. The molecule has 2 aromatic rings. The lowest BCUT2D eigenvalue weighted by Gasteiger charge is -2.34. The van der Waals surface area contributed by atoms with Gasteiger partial charge in [0.25, 0.3) is 0 Å². The van der Waals surface area contributed by atoms with E-state index >= 15 is 0 Å². The molecular weight excluding hydrogens is 378 g/mol. The van der Waals surface area contributed by atoms with E-state index in [-0.39, 0.29) is 6.09 Å². The third-order valence-corrected chi connectivity index (χ3v) is 6.16. The number of carbonyl (C=O) groups is 1. The van der Waals surface area contributed by atoms with Gasteiger partial charge in [0, 0.05) is 37.8 Å². The second-order valence-corrected chi connectivity index (χ2v) is 9.45. The van der Waals surface area contributed by atoms with E-state index in [0.717, 1.165) is 63.1 Å². The Morgan fingerprint density at radius 2 is 1.97 bits per heavy atom. The van der Waals surface area contributed by atoms with E-state index in [1.54, 1.807) is 7.11 Å². The highest BCUT2D eigenvalue weighted by molar-refractivity contribution is 5.95. The van der Waals surface area contributed by atoms with Gasteiger partial charge in [-0.3, -0.25) is 4.98 Å². The maximum Gasteiger partial charge on any atom is 0.410 e. The van der Waals surface area contributed by atoms with Crippen molar-refractivity contribution in [3.05, 3.63) is 30.0 Å². The molecule has 0 atom stereocenters. The molecule has 1 aromatic heterocycles. The molecular formula is C24H33N3O3. The fourth-order valence-electron chi connectivity index (χ4n) is 4.54. The van der Waals surface area contributed by atoms with Gasteiger partial charge in [-0.25, -0.2) is 4.79 Å². The summed E-state index contributed by atoms with van der Waals surface area (Å²) in [6, 6.07) is 6.12. The molecule has 162 valence electrons. The van der Waals surface area contributed by atoms with Crippen molar-refractivity contribution in [2.75, 3.05) is 38.2 Å². The number of anilines is 1. The van der Waals surface area contributed by atoms with Crippen LogP contribution in [0.15, 0.2) is 24.4 Å². The highest BCUT2D eigenvalue weighted by Crippen LogP contribution is 2.37. The molecule has 1 amide bonds. The lowest BCUT2D eigenvalue weighted by Crippen LogP contribution is -2.42. The molecule has 3 heterocycles. The summed E-state index contributed by atoms with van der Waals surface area (Å²) in [4.78, 5) is 21.3. The summed E-state index contributed by atoms with van der Waals surface area (Å²) in [6.45, 7) is 9.42. The monoisotopic (exact) mass is 411 g/mol. The Hall–Kier alpha value is -2.50. The number of piperidine rings is 1. The zero-order chi connectivity index (χ0) is 21.3. The van der Waals surface area contributed by atoms with E-state index in [9.17, 15) is 4.79 Å². The van der Waals surface area contributed by atoms with Gasteiger partial charge in [-0.2, -0.15) is 0 Å². The average molecular weight is 412 g/mol. The molecule has 0 bridgehead atoms. The Kier molecular flexibility index (Phi) is 5.76. The first-order valence-corrected chi connectivity index (χ1v) is 11.0. The van der Waals surface area contributed by atoms with E-state index in [1.165, 1.54) is 16.6 Å². The van der Waals surface area contributed by atoms with Gasteiger partial charge < -0.3 is 19.3 Å². The molecule has 6 heteroatoms. The van der Waals surface area contributed by atoms with Crippen LogP contribution in [0, 0.1) is 5.92 Å². The summed E-state index contributed by atoms with van der Waals surface area (Å²) >= 11 is 0. The molecule has 2 aliphatic rings. The van der Waals surface area contributed by atoms with Crippen LogP contribution in [0.3, 0.4) is 0 Å². The van der Waals surface area contributed by atoms with Crippen molar-refractivity contribution in [2.45, 2.75) is 52.1 Å². The van der Waals surface area contributed by atoms with E-state index < -0.39 is 5.60 Å². The molecule has 6 nitrogen and oxygen atoms in total. The van der Waals surface area contributed by atoms with Crippen molar-refractivity contribution < 1.29 is 14.3 Å².